The first-order valence-electron chi connectivity index (χ1n) is 26.3. The summed E-state index contributed by atoms with van der Waals surface area (Å²) in [5, 5.41) is 18.2. The van der Waals surface area contributed by atoms with Gasteiger partial charge < -0.3 is 34.8 Å². The van der Waals surface area contributed by atoms with Crippen LogP contribution in [0.4, 0.5) is 29.1 Å². The molecule has 1 saturated carbocycles. The smallest absolute Gasteiger partial charge is 0.319 e. The molecule has 8 heterocycles. The van der Waals surface area contributed by atoms with E-state index in [1.165, 1.54) is 24.3 Å². The highest BCUT2D eigenvalue weighted by atomic mass is 19.1. The van der Waals surface area contributed by atoms with E-state index < -0.39 is 41.0 Å². The third kappa shape index (κ3) is 8.90. The van der Waals surface area contributed by atoms with Crippen LogP contribution in [0.5, 0.6) is 11.8 Å². The summed E-state index contributed by atoms with van der Waals surface area (Å²) >= 11 is 0. The van der Waals surface area contributed by atoms with Crippen molar-refractivity contribution in [1.29, 1.82) is 0 Å². The van der Waals surface area contributed by atoms with Crippen LogP contribution < -0.4 is 25.2 Å². The second kappa shape index (κ2) is 18.7. The Morgan fingerprint density at radius 2 is 1.51 bits per heavy atom. The maximum atomic E-state index is 17.2. The van der Waals surface area contributed by atoms with Gasteiger partial charge in [0.2, 0.25) is 11.8 Å². The van der Waals surface area contributed by atoms with Gasteiger partial charge in [0.05, 0.1) is 17.9 Å². The number of amides is 2. The number of nitrogens with one attached hydrogen (secondary N) is 2. The first-order valence-corrected chi connectivity index (χ1v) is 26.3. The number of benzene rings is 3. The number of fused-ring (bicyclic) bond motifs is 4. The standard InChI is InChI=1S/C55H63F4N9O4/c1-2-38-42(56)7-3-32-23-37(69)26-40(46(32)38)49-48(59)50-41(27-60-49)51(68-28-33-4-5-34(29-68)61-33)64-53(63-50)72-31-55(11-12-55)30-65-19-13-54(14-20-65)15-21-67(22-16-54)35-9-17-66(18-10-35)36-24-43(57)47(44(58)25-36)39-6-8-45(70)62-52(39)71/h3,7,23-27,33-35,39,61,69H,2,4-6,8-22,28-31H2,1H3,(H,62,70,71). The van der Waals surface area contributed by atoms with Crippen LogP contribution in [0.1, 0.15) is 101 Å². The Bertz CT molecular complexity index is 2910. The van der Waals surface area contributed by atoms with E-state index in [4.69, 9.17) is 14.7 Å². The molecular formula is C55H63F4N9O4. The monoisotopic (exact) mass is 989 g/mol. The summed E-state index contributed by atoms with van der Waals surface area (Å²) in [6, 6.07) is 9.84. The summed E-state index contributed by atoms with van der Waals surface area (Å²) in [6.07, 6.45) is 12.8. The number of aromatic hydroxyl groups is 1. The maximum absolute atomic E-state index is 17.2. The van der Waals surface area contributed by atoms with Gasteiger partial charge in [0, 0.05) is 85.7 Å². The maximum Gasteiger partial charge on any atom is 0.319 e. The van der Waals surface area contributed by atoms with Crippen molar-refractivity contribution in [3.05, 3.63) is 77.0 Å². The predicted octanol–water partition coefficient (Wildman–Crippen LogP) is 8.14. The first kappa shape index (κ1) is 47.4. The number of halogens is 4. The lowest BCUT2D eigenvalue weighted by Crippen LogP contribution is -2.52. The number of aryl methyl sites for hydroxylation is 1. The Morgan fingerprint density at radius 1 is 0.806 bits per heavy atom. The summed E-state index contributed by atoms with van der Waals surface area (Å²) in [4.78, 5) is 47.8. The molecule has 17 heteroatoms. The van der Waals surface area contributed by atoms with Crippen molar-refractivity contribution in [3.63, 3.8) is 0 Å². The zero-order valence-electron chi connectivity index (χ0n) is 40.9. The van der Waals surface area contributed by atoms with Crippen LogP contribution in [-0.4, -0.2) is 125 Å². The molecule has 6 saturated heterocycles. The van der Waals surface area contributed by atoms with E-state index in [0.717, 1.165) is 110 Å². The van der Waals surface area contributed by atoms with Gasteiger partial charge in [-0.25, -0.2) is 17.6 Å². The molecule has 1 spiro atoms. The number of rotatable bonds is 11. The highest BCUT2D eigenvalue weighted by molar-refractivity contribution is 6.02. The minimum Gasteiger partial charge on any atom is -0.508 e. The summed E-state index contributed by atoms with van der Waals surface area (Å²) in [5.41, 5.74) is 1.33. The molecule has 5 aromatic rings. The fourth-order valence-corrected chi connectivity index (χ4v) is 13.3. The molecular weight excluding hydrogens is 927 g/mol. The van der Waals surface area contributed by atoms with E-state index in [1.54, 1.807) is 18.3 Å². The molecule has 7 fully saturated rings. The summed E-state index contributed by atoms with van der Waals surface area (Å²) in [5.74, 6) is -4.09. The zero-order chi connectivity index (χ0) is 49.5. The fourth-order valence-electron chi connectivity index (χ4n) is 13.3. The second-order valence-electron chi connectivity index (χ2n) is 22.2. The van der Waals surface area contributed by atoms with Crippen LogP contribution in [0.2, 0.25) is 0 Å². The highest BCUT2D eigenvalue weighted by Crippen LogP contribution is 2.49. The number of carbonyl (C=O) groups is 2. The second-order valence-corrected chi connectivity index (χ2v) is 22.2. The highest BCUT2D eigenvalue weighted by Gasteiger charge is 2.47. The molecule has 2 amide bonds. The van der Waals surface area contributed by atoms with E-state index in [2.05, 4.69) is 30.3 Å². The topological polar surface area (TPSA) is 139 Å². The minimum absolute atomic E-state index is 0.0145. The predicted molar refractivity (Wildman–Crippen MR) is 266 cm³/mol. The van der Waals surface area contributed by atoms with E-state index in [9.17, 15) is 14.7 Å². The molecule has 72 heavy (non-hydrogen) atoms. The number of phenolic OH excluding ortho intramolecular Hbond substituents is 1. The van der Waals surface area contributed by atoms with Crippen molar-refractivity contribution in [2.24, 2.45) is 10.8 Å². The molecule has 3 N–H and O–H groups in total. The van der Waals surface area contributed by atoms with Crippen molar-refractivity contribution in [2.75, 3.05) is 75.3 Å². The quantitative estimate of drug-likeness (QED) is 0.0870. The number of aromatic nitrogens is 3. The normalized spacial score (nSPS) is 24.7. The van der Waals surface area contributed by atoms with E-state index >= 15 is 17.6 Å². The number of piperidine rings is 4. The number of carbonyl (C=O) groups excluding carboxylic acids is 2. The van der Waals surface area contributed by atoms with Crippen LogP contribution >= 0.6 is 0 Å². The minimum atomic E-state index is -1.01. The van der Waals surface area contributed by atoms with Gasteiger partial charge in [-0.2, -0.15) is 9.97 Å². The Balaban J connectivity index is 0.682. The van der Waals surface area contributed by atoms with Gasteiger partial charge in [-0.05, 0) is 155 Å². The molecule has 6 aliphatic heterocycles. The first-order chi connectivity index (χ1) is 34.8. The van der Waals surface area contributed by atoms with Crippen LogP contribution in [0.3, 0.4) is 0 Å². The summed E-state index contributed by atoms with van der Waals surface area (Å²) < 4.78 is 69.7. The van der Waals surface area contributed by atoms with Crippen molar-refractivity contribution < 1.29 is 37.0 Å². The number of imide groups is 1. The molecule has 3 aromatic carbocycles. The van der Waals surface area contributed by atoms with Crippen molar-refractivity contribution in [1.82, 2.24) is 35.4 Å². The number of hydrogen-bond donors (Lipinski definition) is 3. The van der Waals surface area contributed by atoms with Gasteiger partial charge in [-0.3, -0.25) is 19.9 Å². The number of anilines is 2. The summed E-state index contributed by atoms with van der Waals surface area (Å²) in [7, 11) is 0. The number of hydrogen-bond acceptors (Lipinski definition) is 12. The van der Waals surface area contributed by atoms with E-state index in [0.29, 0.717) is 88.4 Å². The Labute approximate surface area is 416 Å². The number of likely N-dealkylation sites (tertiary alicyclic amines) is 2. The lowest BCUT2D eigenvalue weighted by atomic mass is 9.70. The number of pyridine rings is 1. The molecule has 3 atom stereocenters. The van der Waals surface area contributed by atoms with Gasteiger partial charge in [0.25, 0.3) is 0 Å². The molecule has 3 unspecified atom stereocenters. The Kier molecular flexibility index (Phi) is 12.3. The van der Waals surface area contributed by atoms with E-state index in [-0.39, 0.29) is 46.8 Å². The number of ether oxygens (including phenoxy) is 1. The molecule has 7 aliphatic rings. The molecule has 380 valence electrons. The van der Waals surface area contributed by atoms with Crippen LogP contribution in [0.25, 0.3) is 32.9 Å². The summed E-state index contributed by atoms with van der Waals surface area (Å²) in [6.45, 7) is 10.2. The average molecular weight is 990 g/mol. The molecule has 2 bridgehead atoms. The Hall–Kier alpha value is -5.65. The molecule has 13 nitrogen and oxygen atoms in total. The lowest BCUT2D eigenvalue weighted by Gasteiger charge is -2.50. The molecule has 12 rings (SSSR count). The molecule has 2 aromatic heterocycles. The average Bonchev–Trinajstić information content (AvgIpc) is 4.06. The fraction of sp³-hybridized carbons (Fsp3) is 0.545. The third-order valence-electron chi connectivity index (χ3n) is 17.7. The van der Waals surface area contributed by atoms with E-state index in [1.807, 2.05) is 11.8 Å². The Morgan fingerprint density at radius 3 is 2.19 bits per heavy atom. The number of phenols is 1. The van der Waals surface area contributed by atoms with Gasteiger partial charge >= 0.3 is 6.01 Å². The molecule has 0 radical (unpaired) electrons. The van der Waals surface area contributed by atoms with Crippen LogP contribution in [-0.2, 0) is 16.0 Å². The van der Waals surface area contributed by atoms with Gasteiger partial charge in [0.1, 0.15) is 40.2 Å². The SMILES string of the molecule is CCc1c(F)ccc2cc(O)cc(-c3ncc4c(N5CC6CCC(C5)N6)nc(OCC5(CN6CCC7(CC6)CCN(C6CCN(c8cc(F)c(C9CCC(=O)NC9=O)c(F)c8)CC6)CC7)CC5)nc4c3F)c12. The van der Waals surface area contributed by atoms with Gasteiger partial charge in [0.15, 0.2) is 5.82 Å². The third-order valence-corrected chi connectivity index (χ3v) is 17.7. The van der Waals surface area contributed by atoms with Gasteiger partial charge in [-0.1, -0.05) is 13.0 Å². The van der Waals surface area contributed by atoms with Crippen LogP contribution in [0, 0.1) is 34.1 Å². The van der Waals surface area contributed by atoms with Crippen molar-refractivity contribution in [2.45, 2.75) is 114 Å². The van der Waals surface area contributed by atoms with Gasteiger partial charge in [-0.15, -0.1) is 0 Å². The van der Waals surface area contributed by atoms with Crippen LogP contribution in [0.15, 0.2) is 42.6 Å². The molecule has 1 aliphatic carbocycles. The number of piperazine rings is 1. The largest absolute Gasteiger partial charge is 0.508 e. The lowest BCUT2D eigenvalue weighted by molar-refractivity contribution is -0.134. The number of nitrogens with zero attached hydrogens (tertiary/aromatic N) is 7. The van der Waals surface area contributed by atoms with Crippen molar-refractivity contribution in [3.8, 4) is 23.0 Å². The zero-order valence-corrected chi connectivity index (χ0v) is 40.9. The van der Waals surface area contributed by atoms with Crippen molar-refractivity contribution >= 4 is 45.0 Å².